The first-order valence-electron chi connectivity index (χ1n) is 10.8. The summed E-state index contributed by atoms with van der Waals surface area (Å²) < 4.78 is 28.4. The maximum atomic E-state index is 12.0. The highest BCUT2D eigenvalue weighted by atomic mass is 16.7. The third-order valence-corrected chi connectivity index (χ3v) is 4.78. The van der Waals surface area contributed by atoms with E-state index in [1.165, 1.54) is 0 Å². The summed E-state index contributed by atoms with van der Waals surface area (Å²) >= 11 is 0. The number of ether oxygens (including phenoxy) is 3. The van der Waals surface area contributed by atoms with E-state index in [4.69, 9.17) is 23.5 Å². The van der Waals surface area contributed by atoms with Crippen molar-refractivity contribution in [1.82, 2.24) is 10.6 Å². The molecule has 0 aromatic rings. The molecule has 9 nitrogen and oxygen atoms in total. The van der Waals surface area contributed by atoms with Crippen molar-refractivity contribution in [1.29, 1.82) is 0 Å². The third kappa shape index (κ3) is 10.6. The second kappa shape index (κ2) is 10.4. The number of hydrogen-bond donors (Lipinski definition) is 2. The van der Waals surface area contributed by atoms with E-state index in [1.54, 1.807) is 41.5 Å². The van der Waals surface area contributed by atoms with Crippen LogP contribution in [0.4, 0.5) is 9.59 Å². The van der Waals surface area contributed by atoms with E-state index in [-0.39, 0.29) is 19.2 Å². The van der Waals surface area contributed by atoms with Gasteiger partial charge in [-0.15, -0.1) is 0 Å². The van der Waals surface area contributed by atoms with Crippen LogP contribution in [0, 0.1) is 0 Å². The number of nitrogens with one attached hydrogen (secondary N) is 2. The fraction of sp³-hybridized carbons (Fsp3) is 0.905. The minimum Gasteiger partial charge on any atom is -0.444 e. The second-order valence-electron chi connectivity index (χ2n) is 10.7. The Balaban J connectivity index is 2.59. The number of rotatable bonds is 8. The molecule has 1 heterocycles. The predicted molar refractivity (Wildman–Crippen MR) is 119 cm³/mol. The fourth-order valence-electron chi connectivity index (χ4n) is 2.65. The molecule has 2 N–H and O–H groups in total. The Bertz CT molecular complexity index is 596. The number of alkyl carbamates (subject to hydrolysis) is 2. The molecular formula is C21H41BN2O7. The van der Waals surface area contributed by atoms with E-state index in [0.29, 0.717) is 13.0 Å². The van der Waals surface area contributed by atoms with Crippen LogP contribution < -0.4 is 10.6 Å². The van der Waals surface area contributed by atoms with Gasteiger partial charge in [0.05, 0.1) is 23.8 Å². The Kier molecular flexibility index (Phi) is 9.23. The van der Waals surface area contributed by atoms with Gasteiger partial charge >= 0.3 is 19.3 Å². The van der Waals surface area contributed by atoms with Crippen LogP contribution in [0.1, 0.15) is 75.7 Å². The van der Waals surface area contributed by atoms with Crippen LogP contribution in [0.25, 0.3) is 0 Å². The largest absolute Gasteiger partial charge is 0.485 e. The van der Waals surface area contributed by atoms with Crippen molar-refractivity contribution in [2.45, 2.75) is 104 Å². The molecule has 0 aromatic carbocycles. The summed E-state index contributed by atoms with van der Waals surface area (Å²) in [6.45, 7) is 19.4. The van der Waals surface area contributed by atoms with Gasteiger partial charge in [-0.3, -0.25) is 0 Å². The zero-order chi connectivity index (χ0) is 24.1. The molecule has 2 amide bonds. The second-order valence-corrected chi connectivity index (χ2v) is 10.7. The standard InChI is InChI=1S/C21H41BN2O7/c1-18(2,3)28-16(25)23-12-11-15(13-24-17(26)29-19(4,5)6)27-14-22-30-20(7,8)21(9,10)31-22/h15H,11-14H2,1-10H3,(H,23,25)(H,24,26)/t15-/m1/s1. The van der Waals surface area contributed by atoms with Gasteiger partial charge in [-0.05, 0) is 75.7 Å². The number of carbonyl (C=O) groups excluding carboxylic acids is 2. The molecule has 0 unspecified atom stereocenters. The van der Waals surface area contributed by atoms with Gasteiger partial charge < -0.3 is 34.2 Å². The molecule has 0 spiro atoms. The lowest BCUT2D eigenvalue weighted by atomic mass is 9.90. The summed E-state index contributed by atoms with van der Waals surface area (Å²) in [7, 11) is -0.521. The summed E-state index contributed by atoms with van der Waals surface area (Å²) in [4.78, 5) is 23.9. The number of hydrogen-bond acceptors (Lipinski definition) is 7. The van der Waals surface area contributed by atoms with Crippen LogP contribution >= 0.6 is 0 Å². The van der Waals surface area contributed by atoms with E-state index < -0.39 is 41.7 Å². The minimum absolute atomic E-state index is 0.194. The molecular weight excluding hydrogens is 403 g/mol. The van der Waals surface area contributed by atoms with Crippen LogP contribution in [-0.4, -0.2) is 67.4 Å². The highest BCUT2D eigenvalue weighted by Crippen LogP contribution is 2.36. The molecule has 0 radical (unpaired) electrons. The van der Waals surface area contributed by atoms with Crippen molar-refractivity contribution >= 4 is 19.3 Å². The molecule has 1 aliphatic heterocycles. The quantitative estimate of drug-likeness (QED) is 0.553. The number of carbonyl (C=O) groups is 2. The molecule has 31 heavy (non-hydrogen) atoms. The van der Waals surface area contributed by atoms with Crippen molar-refractivity contribution < 1.29 is 33.1 Å². The Morgan fingerprint density at radius 3 is 1.77 bits per heavy atom. The van der Waals surface area contributed by atoms with E-state index in [1.807, 2.05) is 27.7 Å². The van der Waals surface area contributed by atoms with Gasteiger partial charge in [0.1, 0.15) is 11.2 Å². The molecule has 1 saturated heterocycles. The summed E-state index contributed by atoms with van der Waals surface area (Å²) in [6, 6.07) is 0. The average molecular weight is 444 g/mol. The van der Waals surface area contributed by atoms with Crippen LogP contribution in [0.15, 0.2) is 0 Å². The van der Waals surface area contributed by atoms with Crippen LogP contribution in [-0.2, 0) is 23.5 Å². The summed E-state index contributed by atoms with van der Waals surface area (Å²) in [5, 5.41) is 5.41. The topological polar surface area (TPSA) is 104 Å². The zero-order valence-electron chi connectivity index (χ0n) is 20.8. The molecule has 0 bridgehead atoms. The van der Waals surface area contributed by atoms with Gasteiger partial charge in [0, 0.05) is 13.1 Å². The van der Waals surface area contributed by atoms with Gasteiger partial charge in [-0.25, -0.2) is 9.59 Å². The molecule has 1 rings (SSSR count). The van der Waals surface area contributed by atoms with Crippen molar-refractivity contribution in [2.75, 3.05) is 19.6 Å². The lowest BCUT2D eigenvalue weighted by Crippen LogP contribution is -2.41. The third-order valence-electron chi connectivity index (χ3n) is 4.78. The first kappa shape index (κ1) is 27.5. The van der Waals surface area contributed by atoms with Gasteiger partial charge in [0.2, 0.25) is 0 Å². The van der Waals surface area contributed by atoms with Crippen LogP contribution in [0.3, 0.4) is 0 Å². The Morgan fingerprint density at radius 2 is 1.32 bits per heavy atom. The Morgan fingerprint density at radius 1 is 0.871 bits per heavy atom. The normalized spacial score (nSPS) is 19.0. The molecule has 10 heteroatoms. The van der Waals surface area contributed by atoms with E-state index in [2.05, 4.69) is 10.6 Å². The zero-order valence-corrected chi connectivity index (χ0v) is 20.8. The Labute approximate surface area is 187 Å². The highest BCUT2D eigenvalue weighted by molar-refractivity contribution is 6.45. The maximum Gasteiger partial charge on any atom is 0.485 e. The summed E-state index contributed by atoms with van der Waals surface area (Å²) in [5.74, 6) is 0. The molecule has 1 atom stereocenters. The van der Waals surface area contributed by atoms with Gasteiger partial charge in [0.25, 0.3) is 0 Å². The van der Waals surface area contributed by atoms with Crippen molar-refractivity contribution in [3.63, 3.8) is 0 Å². The van der Waals surface area contributed by atoms with E-state index in [9.17, 15) is 9.59 Å². The van der Waals surface area contributed by atoms with Crippen molar-refractivity contribution in [3.8, 4) is 0 Å². The first-order valence-corrected chi connectivity index (χ1v) is 10.8. The summed E-state index contributed by atoms with van der Waals surface area (Å²) in [6.07, 6.45) is -0.968. The first-order chi connectivity index (χ1) is 13.9. The predicted octanol–water partition coefficient (Wildman–Crippen LogP) is 3.44. The molecule has 0 aromatic heterocycles. The Hall–Kier alpha value is -1.52. The molecule has 1 aliphatic rings. The fourth-order valence-corrected chi connectivity index (χ4v) is 2.65. The van der Waals surface area contributed by atoms with E-state index in [0.717, 1.165) is 0 Å². The molecule has 1 fully saturated rings. The van der Waals surface area contributed by atoms with Crippen LogP contribution in [0.5, 0.6) is 0 Å². The minimum atomic E-state index is -0.596. The summed E-state index contributed by atoms with van der Waals surface area (Å²) in [5.41, 5.74) is -2.08. The lowest BCUT2D eigenvalue weighted by Gasteiger charge is -2.32. The molecule has 180 valence electrons. The van der Waals surface area contributed by atoms with Crippen LogP contribution in [0.2, 0.25) is 0 Å². The van der Waals surface area contributed by atoms with Gasteiger partial charge in [0.15, 0.2) is 0 Å². The van der Waals surface area contributed by atoms with Crippen molar-refractivity contribution in [3.05, 3.63) is 0 Å². The van der Waals surface area contributed by atoms with E-state index >= 15 is 0 Å². The SMILES string of the molecule is CC(C)(C)OC(=O)NCC[C@H](CNC(=O)OC(C)(C)C)OCB1OC(C)(C)C(C)(C)O1. The smallest absolute Gasteiger partial charge is 0.444 e. The average Bonchev–Trinajstić information content (AvgIpc) is 2.73. The lowest BCUT2D eigenvalue weighted by molar-refractivity contribution is 0.00578. The van der Waals surface area contributed by atoms with Crippen molar-refractivity contribution in [2.24, 2.45) is 0 Å². The molecule has 0 saturated carbocycles. The van der Waals surface area contributed by atoms with Gasteiger partial charge in [-0.1, -0.05) is 0 Å². The monoisotopic (exact) mass is 444 g/mol. The number of amides is 2. The van der Waals surface area contributed by atoms with Gasteiger partial charge in [-0.2, -0.15) is 0 Å². The molecule has 0 aliphatic carbocycles. The highest BCUT2D eigenvalue weighted by Gasteiger charge is 2.51. The maximum absolute atomic E-state index is 12.0.